The Morgan fingerprint density at radius 1 is 1.04 bits per heavy atom. The van der Waals surface area contributed by atoms with Crippen LogP contribution in [0.15, 0.2) is 71.6 Å². The summed E-state index contributed by atoms with van der Waals surface area (Å²) in [6, 6.07) is 8.90. The van der Waals surface area contributed by atoms with Crippen molar-refractivity contribution in [3.05, 3.63) is 66.7 Å². The number of methoxy groups -OCH3 is 1. The van der Waals surface area contributed by atoms with E-state index in [0.717, 1.165) is 13.3 Å². The van der Waals surface area contributed by atoms with Gasteiger partial charge in [-0.2, -0.15) is 0 Å². The molecule has 144 valence electrons. The molecule has 0 aliphatic heterocycles. The summed E-state index contributed by atoms with van der Waals surface area (Å²) in [6.45, 7) is 10.7. The standard InChI is InChI=1S/C17H18N4O4.C2H6/c1-11(15(22)21-12(2)17(24)25-3)20-16(23)13(9-18)10-19-14-7-5-4-6-8-14;1-2/h4-10H,1-2,18H2,3H3,(H,20,23)(H,21,22);1-2H3/b13-9+,19-10?;. The summed E-state index contributed by atoms with van der Waals surface area (Å²) in [6.07, 6.45) is 2.30. The number of para-hydroxylation sites is 1. The molecule has 0 bridgehead atoms. The lowest BCUT2D eigenvalue weighted by Crippen LogP contribution is -2.36. The molecule has 2 amide bonds. The van der Waals surface area contributed by atoms with Crippen molar-refractivity contribution in [3.63, 3.8) is 0 Å². The van der Waals surface area contributed by atoms with Gasteiger partial charge < -0.3 is 21.1 Å². The number of nitrogens with one attached hydrogen (secondary N) is 2. The number of hydrogen-bond donors (Lipinski definition) is 3. The third-order valence-corrected chi connectivity index (χ3v) is 2.79. The number of benzene rings is 1. The molecule has 1 rings (SSSR count). The first-order valence-corrected chi connectivity index (χ1v) is 7.99. The van der Waals surface area contributed by atoms with Crippen LogP contribution in [-0.4, -0.2) is 31.1 Å². The van der Waals surface area contributed by atoms with Crippen LogP contribution >= 0.6 is 0 Å². The van der Waals surface area contributed by atoms with Crippen molar-refractivity contribution >= 4 is 29.7 Å². The van der Waals surface area contributed by atoms with Crippen LogP contribution in [0.5, 0.6) is 0 Å². The summed E-state index contributed by atoms with van der Waals surface area (Å²) in [5.41, 5.74) is 5.46. The quantitative estimate of drug-likeness (QED) is 0.382. The Hall–Kier alpha value is -3.68. The average Bonchev–Trinajstić information content (AvgIpc) is 2.69. The molecule has 0 fully saturated rings. The molecular weight excluding hydrogens is 348 g/mol. The highest BCUT2D eigenvalue weighted by Crippen LogP contribution is 2.09. The van der Waals surface area contributed by atoms with Gasteiger partial charge in [0.15, 0.2) is 0 Å². The molecule has 0 unspecified atom stereocenters. The molecular formula is C19H24N4O4. The average molecular weight is 372 g/mol. The van der Waals surface area contributed by atoms with Gasteiger partial charge in [-0.1, -0.05) is 45.2 Å². The van der Waals surface area contributed by atoms with Gasteiger partial charge in [0.1, 0.15) is 5.70 Å². The molecule has 27 heavy (non-hydrogen) atoms. The Labute approximate surface area is 158 Å². The number of amides is 2. The SMILES string of the molecule is C=C(NC(=O)/C(C=Nc1ccccc1)=C/N)C(=O)NC(=C)C(=O)OC.CC. The zero-order chi connectivity index (χ0) is 20.8. The number of hydrogen-bond acceptors (Lipinski definition) is 6. The van der Waals surface area contributed by atoms with Gasteiger partial charge in [0, 0.05) is 12.4 Å². The van der Waals surface area contributed by atoms with Gasteiger partial charge in [-0.15, -0.1) is 0 Å². The minimum atomic E-state index is -0.819. The fraction of sp³-hybridized carbons (Fsp3) is 0.158. The number of carbonyl (C=O) groups excluding carboxylic acids is 3. The second kappa shape index (κ2) is 12.6. The topological polar surface area (TPSA) is 123 Å². The maximum Gasteiger partial charge on any atom is 0.353 e. The van der Waals surface area contributed by atoms with Gasteiger partial charge >= 0.3 is 5.97 Å². The predicted octanol–water partition coefficient (Wildman–Crippen LogP) is 1.69. The van der Waals surface area contributed by atoms with E-state index < -0.39 is 17.8 Å². The highest BCUT2D eigenvalue weighted by atomic mass is 16.5. The monoisotopic (exact) mass is 372 g/mol. The lowest BCUT2D eigenvalue weighted by molar-refractivity contribution is -0.137. The van der Waals surface area contributed by atoms with Crippen molar-refractivity contribution in [3.8, 4) is 0 Å². The van der Waals surface area contributed by atoms with E-state index in [1.54, 1.807) is 24.3 Å². The molecule has 4 N–H and O–H groups in total. The van der Waals surface area contributed by atoms with Crippen LogP contribution in [0.1, 0.15) is 13.8 Å². The fourth-order valence-corrected chi connectivity index (χ4v) is 1.49. The maximum absolute atomic E-state index is 12.1. The molecule has 0 atom stereocenters. The molecule has 1 aromatic rings. The summed E-state index contributed by atoms with van der Waals surface area (Å²) in [5.74, 6) is -2.32. The van der Waals surface area contributed by atoms with Crippen molar-refractivity contribution < 1.29 is 19.1 Å². The fourth-order valence-electron chi connectivity index (χ4n) is 1.49. The molecule has 1 aromatic carbocycles. The number of aliphatic imine (C=N–C) groups is 1. The Balaban J connectivity index is 0.00000326. The van der Waals surface area contributed by atoms with E-state index in [1.165, 1.54) is 6.21 Å². The number of nitrogens with zero attached hydrogens (tertiary/aromatic N) is 1. The summed E-state index contributed by atoms with van der Waals surface area (Å²) < 4.78 is 4.39. The second-order valence-electron chi connectivity index (χ2n) is 4.57. The molecule has 8 nitrogen and oxygen atoms in total. The predicted molar refractivity (Wildman–Crippen MR) is 105 cm³/mol. The number of carbonyl (C=O) groups is 3. The first-order valence-electron chi connectivity index (χ1n) is 7.99. The van der Waals surface area contributed by atoms with Crippen molar-refractivity contribution in [2.24, 2.45) is 10.7 Å². The number of nitrogens with two attached hydrogens (primary N) is 1. The second-order valence-corrected chi connectivity index (χ2v) is 4.57. The third kappa shape index (κ3) is 8.30. The van der Waals surface area contributed by atoms with Crippen LogP contribution in [-0.2, 0) is 19.1 Å². The van der Waals surface area contributed by atoms with Gasteiger partial charge in [-0.25, -0.2) is 4.79 Å². The van der Waals surface area contributed by atoms with Crippen LogP contribution in [0, 0.1) is 0 Å². The Kier molecular flexibility index (Phi) is 10.9. The van der Waals surface area contributed by atoms with E-state index in [9.17, 15) is 14.4 Å². The molecule has 0 aliphatic carbocycles. The van der Waals surface area contributed by atoms with Gasteiger partial charge in [-0.05, 0) is 12.1 Å². The lowest BCUT2D eigenvalue weighted by Gasteiger charge is -2.10. The van der Waals surface area contributed by atoms with Crippen LogP contribution in [0.2, 0.25) is 0 Å². The minimum absolute atomic E-state index is 0.0181. The highest BCUT2D eigenvalue weighted by molar-refractivity contribution is 6.15. The zero-order valence-electron chi connectivity index (χ0n) is 15.6. The highest BCUT2D eigenvalue weighted by Gasteiger charge is 2.16. The van der Waals surface area contributed by atoms with Crippen molar-refractivity contribution in [2.45, 2.75) is 13.8 Å². The Morgan fingerprint density at radius 3 is 2.11 bits per heavy atom. The number of esters is 1. The normalized spacial score (nSPS) is 10.3. The Bertz CT molecular complexity index is 752. The van der Waals surface area contributed by atoms with E-state index in [2.05, 4.69) is 33.5 Å². The Morgan fingerprint density at radius 2 is 1.59 bits per heavy atom. The molecule has 0 aromatic heterocycles. The van der Waals surface area contributed by atoms with E-state index in [1.807, 2.05) is 19.9 Å². The van der Waals surface area contributed by atoms with E-state index in [4.69, 9.17) is 5.73 Å². The first kappa shape index (κ1) is 23.3. The molecule has 0 radical (unpaired) electrons. The third-order valence-electron chi connectivity index (χ3n) is 2.79. The molecule has 0 heterocycles. The van der Waals surface area contributed by atoms with Crippen LogP contribution < -0.4 is 16.4 Å². The summed E-state index contributed by atoms with van der Waals surface area (Å²) in [5, 5.41) is 4.40. The van der Waals surface area contributed by atoms with Crippen molar-refractivity contribution in [1.82, 2.24) is 10.6 Å². The lowest BCUT2D eigenvalue weighted by atomic mass is 10.2. The van der Waals surface area contributed by atoms with Gasteiger partial charge in [0.25, 0.3) is 11.8 Å². The van der Waals surface area contributed by atoms with E-state index in [-0.39, 0.29) is 17.0 Å². The van der Waals surface area contributed by atoms with Crippen LogP contribution in [0.25, 0.3) is 0 Å². The molecule has 0 aliphatic rings. The molecule has 0 saturated carbocycles. The molecule has 0 spiro atoms. The van der Waals surface area contributed by atoms with Crippen molar-refractivity contribution in [1.29, 1.82) is 0 Å². The summed E-state index contributed by atoms with van der Waals surface area (Å²) in [4.78, 5) is 39.2. The van der Waals surface area contributed by atoms with Crippen LogP contribution in [0.4, 0.5) is 5.69 Å². The van der Waals surface area contributed by atoms with Gasteiger partial charge in [0.2, 0.25) is 0 Å². The first-order chi connectivity index (χ1) is 12.9. The maximum atomic E-state index is 12.1. The smallest absolute Gasteiger partial charge is 0.353 e. The molecule has 0 saturated heterocycles. The largest absolute Gasteiger partial charge is 0.464 e. The van der Waals surface area contributed by atoms with E-state index >= 15 is 0 Å². The van der Waals surface area contributed by atoms with Crippen molar-refractivity contribution in [2.75, 3.05) is 7.11 Å². The van der Waals surface area contributed by atoms with E-state index in [0.29, 0.717) is 5.69 Å². The van der Waals surface area contributed by atoms with Gasteiger partial charge in [0.05, 0.1) is 24.1 Å². The summed E-state index contributed by atoms with van der Waals surface area (Å²) in [7, 11) is 1.14. The zero-order valence-corrected chi connectivity index (χ0v) is 15.6. The minimum Gasteiger partial charge on any atom is -0.464 e. The summed E-state index contributed by atoms with van der Waals surface area (Å²) >= 11 is 0. The van der Waals surface area contributed by atoms with Gasteiger partial charge in [-0.3, -0.25) is 14.6 Å². The number of rotatable bonds is 7. The molecule has 8 heteroatoms. The number of ether oxygens (including phenoxy) is 1. The van der Waals surface area contributed by atoms with Crippen LogP contribution in [0.3, 0.4) is 0 Å².